The zero-order valence-electron chi connectivity index (χ0n) is 15.6. The third-order valence-electron chi connectivity index (χ3n) is 5.28. The molecule has 1 aromatic rings. The number of hydrogen-bond donors (Lipinski definition) is 1. The molecule has 6 nitrogen and oxygen atoms in total. The standard InChI is InChI=1S/C20H31N5O/c1-2-8-22-20(26)17-24-10-5-6-18(16-24)15-23-11-13-25(14-12-23)19-7-3-4-9-21-19/h2-4,7,9,18H,1,5-6,8,10-17H2,(H,22,26). The van der Waals surface area contributed by atoms with Gasteiger partial charge in [0.05, 0.1) is 6.54 Å². The van der Waals surface area contributed by atoms with Crippen molar-refractivity contribution in [2.45, 2.75) is 12.8 Å². The second kappa shape index (κ2) is 9.69. The smallest absolute Gasteiger partial charge is 0.234 e. The highest BCUT2D eigenvalue weighted by molar-refractivity contribution is 5.78. The maximum atomic E-state index is 11.9. The van der Waals surface area contributed by atoms with Gasteiger partial charge in [-0.2, -0.15) is 0 Å². The topological polar surface area (TPSA) is 51.7 Å². The van der Waals surface area contributed by atoms with Gasteiger partial charge in [-0.1, -0.05) is 12.1 Å². The second-order valence-electron chi connectivity index (χ2n) is 7.31. The molecule has 6 heteroatoms. The number of carbonyl (C=O) groups is 1. The van der Waals surface area contributed by atoms with Crippen LogP contribution in [0.25, 0.3) is 0 Å². The molecule has 2 saturated heterocycles. The van der Waals surface area contributed by atoms with Crippen LogP contribution in [-0.2, 0) is 4.79 Å². The SMILES string of the molecule is C=CCNC(=O)CN1CCCC(CN2CCN(c3ccccn3)CC2)C1. The number of anilines is 1. The number of nitrogens with one attached hydrogen (secondary N) is 1. The van der Waals surface area contributed by atoms with Crippen LogP contribution in [-0.4, -0.2) is 79.6 Å². The lowest BCUT2D eigenvalue weighted by Crippen LogP contribution is -2.50. The maximum absolute atomic E-state index is 11.9. The van der Waals surface area contributed by atoms with Crippen LogP contribution >= 0.6 is 0 Å². The number of piperidine rings is 1. The Balaban J connectivity index is 1.40. The average molecular weight is 358 g/mol. The van der Waals surface area contributed by atoms with Crippen LogP contribution in [0.1, 0.15) is 12.8 Å². The Bertz CT molecular complexity index is 571. The predicted octanol–water partition coefficient (Wildman–Crippen LogP) is 1.22. The summed E-state index contributed by atoms with van der Waals surface area (Å²) in [5.41, 5.74) is 0. The molecule has 1 atom stereocenters. The fourth-order valence-electron chi connectivity index (χ4n) is 3.95. The number of nitrogens with zero attached hydrogens (tertiary/aromatic N) is 4. The first-order valence-corrected chi connectivity index (χ1v) is 9.73. The Hall–Kier alpha value is -1.92. The molecular weight excluding hydrogens is 326 g/mol. The minimum atomic E-state index is 0.106. The highest BCUT2D eigenvalue weighted by atomic mass is 16.2. The average Bonchev–Trinajstić information content (AvgIpc) is 2.68. The molecule has 1 N–H and O–H groups in total. The van der Waals surface area contributed by atoms with Crippen molar-refractivity contribution in [3.05, 3.63) is 37.1 Å². The van der Waals surface area contributed by atoms with Gasteiger partial charge in [0.2, 0.25) is 5.91 Å². The van der Waals surface area contributed by atoms with Gasteiger partial charge in [0.15, 0.2) is 0 Å². The molecule has 142 valence electrons. The van der Waals surface area contributed by atoms with Crippen molar-refractivity contribution in [3.8, 4) is 0 Å². The van der Waals surface area contributed by atoms with Crippen LogP contribution in [0, 0.1) is 5.92 Å². The van der Waals surface area contributed by atoms with E-state index in [1.165, 1.54) is 12.8 Å². The molecule has 2 fully saturated rings. The summed E-state index contributed by atoms with van der Waals surface area (Å²) in [6, 6.07) is 6.11. The van der Waals surface area contributed by atoms with Crippen molar-refractivity contribution in [2.75, 3.05) is 63.8 Å². The van der Waals surface area contributed by atoms with Gasteiger partial charge in [0, 0.05) is 52.0 Å². The molecule has 0 aromatic carbocycles. The van der Waals surface area contributed by atoms with Gasteiger partial charge in [0.25, 0.3) is 0 Å². The molecule has 0 radical (unpaired) electrons. The summed E-state index contributed by atoms with van der Waals surface area (Å²) in [5, 5.41) is 2.88. The number of pyridine rings is 1. The van der Waals surface area contributed by atoms with Crippen LogP contribution in [0.3, 0.4) is 0 Å². The molecule has 1 amide bonds. The number of aromatic nitrogens is 1. The molecule has 3 heterocycles. The normalized spacial score (nSPS) is 22.2. The van der Waals surface area contributed by atoms with E-state index >= 15 is 0 Å². The zero-order chi connectivity index (χ0) is 18.2. The quantitative estimate of drug-likeness (QED) is 0.744. The van der Waals surface area contributed by atoms with E-state index in [2.05, 4.69) is 43.7 Å². The number of likely N-dealkylation sites (tertiary alicyclic amines) is 1. The van der Waals surface area contributed by atoms with Crippen molar-refractivity contribution in [3.63, 3.8) is 0 Å². The number of amides is 1. The number of hydrogen-bond acceptors (Lipinski definition) is 5. The van der Waals surface area contributed by atoms with Crippen LogP contribution in [0.4, 0.5) is 5.82 Å². The van der Waals surface area contributed by atoms with Crippen LogP contribution in [0.15, 0.2) is 37.1 Å². The lowest BCUT2D eigenvalue weighted by atomic mass is 9.97. The van der Waals surface area contributed by atoms with Crippen LogP contribution < -0.4 is 10.2 Å². The monoisotopic (exact) mass is 357 g/mol. The van der Waals surface area contributed by atoms with Crippen molar-refractivity contribution in [1.29, 1.82) is 0 Å². The van der Waals surface area contributed by atoms with Gasteiger partial charge < -0.3 is 10.2 Å². The minimum Gasteiger partial charge on any atom is -0.354 e. The van der Waals surface area contributed by atoms with E-state index in [1.54, 1.807) is 6.08 Å². The number of piperazine rings is 1. The van der Waals surface area contributed by atoms with E-state index in [4.69, 9.17) is 0 Å². The Morgan fingerprint density at radius 2 is 2.08 bits per heavy atom. The van der Waals surface area contributed by atoms with E-state index in [1.807, 2.05) is 12.3 Å². The summed E-state index contributed by atoms with van der Waals surface area (Å²) in [5.74, 6) is 1.86. The third kappa shape index (κ3) is 5.54. The molecule has 1 aromatic heterocycles. The summed E-state index contributed by atoms with van der Waals surface area (Å²) in [6.07, 6.45) is 6.05. The highest BCUT2D eigenvalue weighted by Crippen LogP contribution is 2.19. The van der Waals surface area contributed by atoms with E-state index < -0.39 is 0 Å². The molecule has 0 bridgehead atoms. The van der Waals surface area contributed by atoms with Crippen molar-refractivity contribution >= 4 is 11.7 Å². The molecule has 2 aliphatic rings. The van der Waals surface area contributed by atoms with Crippen LogP contribution in [0.5, 0.6) is 0 Å². The first kappa shape index (κ1) is 18.9. The fourth-order valence-corrected chi connectivity index (χ4v) is 3.95. The Morgan fingerprint density at radius 3 is 2.81 bits per heavy atom. The Kier molecular flexibility index (Phi) is 7.03. The molecule has 0 aliphatic carbocycles. The van der Waals surface area contributed by atoms with Gasteiger partial charge in [-0.05, 0) is 37.4 Å². The highest BCUT2D eigenvalue weighted by Gasteiger charge is 2.25. The van der Waals surface area contributed by atoms with Gasteiger partial charge in [-0.3, -0.25) is 14.6 Å². The van der Waals surface area contributed by atoms with E-state index in [0.717, 1.165) is 51.6 Å². The van der Waals surface area contributed by atoms with Gasteiger partial charge in [-0.25, -0.2) is 4.98 Å². The fraction of sp³-hybridized carbons (Fsp3) is 0.600. The van der Waals surface area contributed by atoms with Crippen molar-refractivity contribution in [2.24, 2.45) is 5.92 Å². The molecule has 3 rings (SSSR count). The number of carbonyl (C=O) groups excluding carboxylic acids is 1. The molecule has 26 heavy (non-hydrogen) atoms. The summed E-state index contributed by atoms with van der Waals surface area (Å²) >= 11 is 0. The maximum Gasteiger partial charge on any atom is 0.234 e. The van der Waals surface area contributed by atoms with Crippen molar-refractivity contribution < 1.29 is 4.79 Å². The summed E-state index contributed by atoms with van der Waals surface area (Å²) in [4.78, 5) is 23.6. The van der Waals surface area contributed by atoms with Gasteiger partial charge in [0.1, 0.15) is 5.82 Å². The van der Waals surface area contributed by atoms with Gasteiger partial charge >= 0.3 is 0 Å². The minimum absolute atomic E-state index is 0.106. The van der Waals surface area contributed by atoms with Crippen molar-refractivity contribution in [1.82, 2.24) is 20.1 Å². The first-order valence-electron chi connectivity index (χ1n) is 9.73. The second-order valence-corrected chi connectivity index (χ2v) is 7.31. The van der Waals surface area contributed by atoms with E-state index in [0.29, 0.717) is 19.0 Å². The lowest BCUT2D eigenvalue weighted by molar-refractivity contribution is -0.122. The lowest BCUT2D eigenvalue weighted by Gasteiger charge is -2.39. The third-order valence-corrected chi connectivity index (χ3v) is 5.28. The zero-order valence-corrected chi connectivity index (χ0v) is 15.6. The number of rotatable bonds is 7. The molecule has 0 spiro atoms. The predicted molar refractivity (Wildman–Crippen MR) is 105 cm³/mol. The largest absolute Gasteiger partial charge is 0.354 e. The van der Waals surface area contributed by atoms with Gasteiger partial charge in [-0.15, -0.1) is 6.58 Å². The molecule has 2 aliphatic heterocycles. The van der Waals surface area contributed by atoms with Crippen LogP contribution in [0.2, 0.25) is 0 Å². The Labute approximate surface area is 156 Å². The summed E-state index contributed by atoms with van der Waals surface area (Å²) in [6.45, 7) is 12.2. The van der Waals surface area contributed by atoms with E-state index in [9.17, 15) is 4.79 Å². The summed E-state index contributed by atoms with van der Waals surface area (Å²) < 4.78 is 0. The molecule has 0 saturated carbocycles. The summed E-state index contributed by atoms with van der Waals surface area (Å²) in [7, 11) is 0. The van der Waals surface area contributed by atoms with E-state index in [-0.39, 0.29) is 5.91 Å². The molecule has 1 unspecified atom stereocenters. The Morgan fingerprint density at radius 1 is 1.23 bits per heavy atom. The molecular formula is C20H31N5O. The first-order chi connectivity index (χ1) is 12.7.